The largest absolute Gasteiger partial charge is 0.465 e. The Bertz CT molecular complexity index is 723. The number of ether oxygens (including phenoxy) is 1. The van der Waals surface area contributed by atoms with Crippen LogP contribution in [0.15, 0.2) is 24.3 Å². The maximum atomic E-state index is 12.5. The summed E-state index contributed by atoms with van der Waals surface area (Å²) in [6, 6.07) is 5.80. The summed E-state index contributed by atoms with van der Waals surface area (Å²) in [5.74, 6) is -0.527. The van der Waals surface area contributed by atoms with E-state index in [1.54, 1.807) is 20.8 Å². The maximum Gasteiger partial charge on any atom is 0.407 e. The summed E-state index contributed by atoms with van der Waals surface area (Å²) < 4.78 is 5.59. The van der Waals surface area contributed by atoms with Gasteiger partial charge in [-0.05, 0) is 52.1 Å². The van der Waals surface area contributed by atoms with E-state index in [2.05, 4.69) is 48.8 Å². The van der Waals surface area contributed by atoms with Crippen molar-refractivity contribution in [1.29, 1.82) is 0 Å². The summed E-state index contributed by atoms with van der Waals surface area (Å²) in [5, 5.41) is 24.3. The molecule has 0 aromatic heterocycles. The van der Waals surface area contributed by atoms with Crippen molar-refractivity contribution in [2.24, 2.45) is 5.41 Å². The highest BCUT2D eigenvalue weighted by Gasteiger charge is 2.33. The number of aliphatic hydroxyl groups excluding tert-OH is 1. The van der Waals surface area contributed by atoms with E-state index in [1.807, 2.05) is 24.3 Å². The molecule has 1 aromatic carbocycles. The van der Waals surface area contributed by atoms with Gasteiger partial charge in [0.2, 0.25) is 0 Å². The van der Waals surface area contributed by atoms with Gasteiger partial charge in [0.15, 0.2) is 0 Å². The molecule has 3 atom stereocenters. The molecular formula is C19H29IN4O6. The Morgan fingerprint density at radius 1 is 1.13 bits per heavy atom. The van der Waals surface area contributed by atoms with Crippen molar-refractivity contribution in [1.82, 2.24) is 21.5 Å². The van der Waals surface area contributed by atoms with Gasteiger partial charge in [0.1, 0.15) is 6.04 Å². The number of halogens is 1. The topological polar surface area (TPSA) is 149 Å². The van der Waals surface area contributed by atoms with Crippen molar-refractivity contribution < 1.29 is 29.3 Å². The Morgan fingerprint density at radius 2 is 1.73 bits per heavy atom. The van der Waals surface area contributed by atoms with E-state index in [1.165, 1.54) is 7.11 Å². The van der Waals surface area contributed by atoms with Crippen molar-refractivity contribution >= 4 is 40.7 Å². The van der Waals surface area contributed by atoms with E-state index in [-0.39, 0.29) is 13.0 Å². The van der Waals surface area contributed by atoms with Gasteiger partial charge in [-0.3, -0.25) is 10.2 Å². The van der Waals surface area contributed by atoms with Gasteiger partial charge in [-0.1, -0.05) is 32.9 Å². The molecule has 0 heterocycles. The molecule has 3 unspecified atom stereocenters. The van der Waals surface area contributed by atoms with E-state index in [9.17, 15) is 19.5 Å². The lowest BCUT2D eigenvalue weighted by atomic mass is 9.86. The molecule has 0 aliphatic heterocycles. The lowest BCUT2D eigenvalue weighted by Crippen LogP contribution is -2.58. The van der Waals surface area contributed by atoms with Gasteiger partial charge < -0.3 is 25.6 Å². The number of carbonyl (C=O) groups is 3. The zero-order valence-corrected chi connectivity index (χ0v) is 19.5. The number of carboxylic acid groups (broad SMARTS) is 1. The normalized spacial score (nSPS) is 14.2. The van der Waals surface area contributed by atoms with Crippen LogP contribution in [0.5, 0.6) is 0 Å². The molecule has 0 aliphatic rings. The molecule has 0 saturated carbocycles. The summed E-state index contributed by atoms with van der Waals surface area (Å²) in [4.78, 5) is 35.1. The fourth-order valence-electron chi connectivity index (χ4n) is 2.63. The fraction of sp³-hybridized carbons (Fsp3) is 0.526. The molecule has 0 spiro atoms. The number of alkyl carbamates (subject to hydrolysis) is 1. The van der Waals surface area contributed by atoms with Crippen LogP contribution in [0.2, 0.25) is 0 Å². The van der Waals surface area contributed by atoms with Gasteiger partial charge >= 0.3 is 12.2 Å². The Hall–Kier alpha value is -2.12. The number of hydrazine groups is 1. The number of hydrogen-bond acceptors (Lipinski definition) is 6. The number of amides is 3. The second-order valence-electron chi connectivity index (χ2n) is 7.76. The highest BCUT2D eigenvalue weighted by Crippen LogP contribution is 2.19. The molecule has 11 heteroatoms. The van der Waals surface area contributed by atoms with Crippen LogP contribution in [0.25, 0.3) is 0 Å². The van der Waals surface area contributed by atoms with Crippen molar-refractivity contribution in [3.05, 3.63) is 33.4 Å². The van der Waals surface area contributed by atoms with Gasteiger partial charge in [0.25, 0.3) is 5.91 Å². The average Bonchev–Trinajstić information content (AvgIpc) is 2.65. The zero-order chi connectivity index (χ0) is 22.9. The van der Waals surface area contributed by atoms with Crippen molar-refractivity contribution in [3.63, 3.8) is 0 Å². The molecule has 0 saturated heterocycles. The molecule has 0 fully saturated rings. The third-order valence-corrected chi connectivity index (χ3v) is 4.96. The number of nitrogens with one attached hydrogen (secondary N) is 4. The molecule has 0 bridgehead atoms. The molecule has 6 N–H and O–H groups in total. The maximum absolute atomic E-state index is 12.5. The quantitative estimate of drug-likeness (QED) is 0.205. The van der Waals surface area contributed by atoms with Gasteiger partial charge in [-0.2, -0.15) is 0 Å². The molecule has 0 radical (unpaired) electrons. The SMILES string of the molecule is COC(=O)NC(C(=O)NNCC(O)C(Cc1ccc(I)cc1)NC(=O)O)C(C)(C)C. The molecule has 30 heavy (non-hydrogen) atoms. The smallest absolute Gasteiger partial charge is 0.407 e. The second kappa shape index (κ2) is 11.9. The van der Waals surface area contributed by atoms with Crippen LogP contribution in [-0.2, 0) is 16.0 Å². The third-order valence-electron chi connectivity index (χ3n) is 4.24. The highest BCUT2D eigenvalue weighted by molar-refractivity contribution is 14.1. The van der Waals surface area contributed by atoms with Gasteiger partial charge in [-0.15, -0.1) is 0 Å². The lowest BCUT2D eigenvalue weighted by molar-refractivity contribution is -0.126. The van der Waals surface area contributed by atoms with Crippen LogP contribution < -0.4 is 21.5 Å². The summed E-state index contributed by atoms with van der Waals surface area (Å²) in [6.45, 7) is 5.21. The Morgan fingerprint density at radius 3 is 2.23 bits per heavy atom. The third kappa shape index (κ3) is 9.13. The Labute approximate surface area is 189 Å². The number of methoxy groups -OCH3 is 1. The fourth-order valence-corrected chi connectivity index (χ4v) is 2.99. The van der Waals surface area contributed by atoms with Crippen LogP contribution in [-0.4, -0.2) is 60.1 Å². The first-order valence-corrected chi connectivity index (χ1v) is 10.3. The minimum Gasteiger partial charge on any atom is -0.465 e. The molecule has 168 valence electrons. The highest BCUT2D eigenvalue weighted by atomic mass is 127. The molecular weight excluding hydrogens is 507 g/mol. The second-order valence-corrected chi connectivity index (χ2v) is 9.00. The monoisotopic (exact) mass is 536 g/mol. The summed E-state index contributed by atoms with van der Waals surface area (Å²) in [7, 11) is 1.20. The lowest BCUT2D eigenvalue weighted by Gasteiger charge is -2.30. The van der Waals surface area contributed by atoms with Crippen LogP contribution in [0, 0.1) is 8.99 Å². The molecule has 10 nitrogen and oxygen atoms in total. The van der Waals surface area contributed by atoms with Crippen molar-refractivity contribution in [2.45, 2.75) is 45.4 Å². The number of aliphatic hydroxyl groups is 1. The van der Waals surface area contributed by atoms with E-state index < -0.39 is 41.7 Å². The number of hydrogen-bond donors (Lipinski definition) is 6. The molecule has 1 aromatic rings. The van der Waals surface area contributed by atoms with Crippen LogP contribution >= 0.6 is 22.6 Å². The van der Waals surface area contributed by atoms with E-state index in [0.29, 0.717) is 0 Å². The van der Waals surface area contributed by atoms with Crippen LogP contribution in [0.1, 0.15) is 26.3 Å². The zero-order valence-electron chi connectivity index (χ0n) is 17.4. The van der Waals surface area contributed by atoms with Gasteiger partial charge in [0, 0.05) is 10.1 Å². The molecule has 1 rings (SSSR count). The molecule has 3 amide bonds. The first-order chi connectivity index (χ1) is 13.9. The number of rotatable bonds is 9. The van der Waals surface area contributed by atoms with Crippen molar-refractivity contribution in [2.75, 3.05) is 13.7 Å². The predicted molar refractivity (Wildman–Crippen MR) is 119 cm³/mol. The minimum absolute atomic E-state index is 0.115. The summed E-state index contributed by atoms with van der Waals surface area (Å²) in [5.41, 5.74) is 5.29. The standard InChI is InChI=1S/C19H29IN4O6/c1-19(2,3)15(23-18(29)30-4)16(26)24-21-10-14(25)13(22-17(27)28)9-11-5-7-12(20)8-6-11/h5-8,13-15,21-22,25H,9-10H2,1-4H3,(H,23,29)(H,24,26)(H,27,28). The minimum atomic E-state index is -1.26. The van der Waals surface area contributed by atoms with E-state index >= 15 is 0 Å². The Kier molecular flexibility index (Phi) is 10.3. The van der Waals surface area contributed by atoms with E-state index in [4.69, 9.17) is 5.11 Å². The predicted octanol–water partition coefficient (Wildman–Crippen LogP) is 1.22. The summed E-state index contributed by atoms with van der Waals surface area (Å²) in [6.07, 6.45) is -2.85. The first kappa shape index (κ1) is 25.9. The number of carbonyl (C=O) groups excluding carboxylic acids is 2. The first-order valence-electron chi connectivity index (χ1n) is 9.23. The van der Waals surface area contributed by atoms with Crippen LogP contribution in [0.4, 0.5) is 9.59 Å². The molecule has 0 aliphatic carbocycles. The van der Waals surface area contributed by atoms with Gasteiger partial charge in [-0.25, -0.2) is 15.0 Å². The van der Waals surface area contributed by atoms with Crippen LogP contribution in [0.3, 0.4) is 0 Å². The van der Waals surface area contributed by atoms with Crippen molar-refractivity contribution in [3.8, 4) is 0 Å². The summed E-state index contributed by atoms with van der Waals surface area (Å²) >= 11 is 2.16. The number of benzene rings is 1. The van der Waals surface area contributed by atoms with Gasteiger partial charge in [0.05, 0.1) is 19.3 Å². The van der Waals surface area contributed by atoms with E-state index in [0.717, 1.165) is 9.13 Å². The average molecular weight is 536 g/mol. The Balaban J connectivity index is 2.69.